The predicted molar refractivity (Wildman–Crippen MR) is 78.5 cm³/mol. The summed E-state index contributed by atoms with van der Waals surface area (Å²) in [6.07, 6.45) is -0.675. The molecular weight excluding hydrogens is 321 g/mol. The number of nitrogens with zero attached hydrogens (tertiary/aromatic N) is 2. The van der Waals surface area contributed by atoms with Crippen molar-refractivity contribution in [3.63, 3.8) is 0 Å². The van der Waals surface area contributed by atoms with Gasteiger partial charge in [0.2, 0.25) is 11.8 Å². The third kappa shape index (κ3) is 3.02. The lowest BCUT2D eigenvalue weighted by Crippen LogP contribution is -2.70. The van der Waals surface area contributed by atoms with Crippen LogP contribution in [0.1, 0.15) is 0 Å². The van der Waals surface area contributed by atoms with Gasteiger partial charge in [-0.15, -0.1) is 0 Å². The highest BCUT2D eigenvalue weighted by atomic mass is 19.1. The maximum atomic E-state index is 12.9. The fraction of sp³-hybridized carbons (Fsp3) is 0.400. The number of hydrogen-bond donors (Lipinski definition) is 2. The summed E-state index contributed by atoms with van der Waals surface area (Å²) in [6.45, 7) is -0.0977. The monoisotopic (exact) mass is 337 g/mol. The second-order valence-corrected chi connectivity index (χ2v) is 5.56. The number of hydrogen-bond acceptors (Lipinski definition) is 5. The van der Waals surface area contributed by atoms with E-state index in [0.29, 0.717) is 0 Å². The summed E-state index contributed by atoms with van der Waals surface area (Å²) >= 11 is 0. The Bertz CT molecular complexity index is 666. The van der Waals surface area contributed by atoms with Gasteiger partial charge in [-0.2, -0.15) is 0 Å². The lowest BCUT2D eigenvalue weighted by Gasteiger charge is -2.44. The Morgan fingerprint density at radius 2 is 2.00 bits per heavy atom. The molecule has 0 aromatic heterocycles. The standard InChI is InChI=1S/C15H16FN3O5/c16-9-1-3-10(4-2-9)24-15(23)18-5-6-19-12(7-18)13(21)17-11(8-20)14(19)22/h1-4,11-12,20H,5-8H2,(H,17,21)/t11-,12-/m1/s1. The van der Waals surface area contributed by atoms with Crippen LogP contribution in [0.3, 0.4) is 0 Å². The Hall–Kier alpha value is -2.68. The average molecular weight is 337 g/mol. The summed E-state index contributed by atoms with van der Waals surface area (Å²) in [6, 6.07) is 3.24. The number of aliphatic hydroxyl groups is 1. The SMILES string of the molecule is O=C1N[C@H](CO)C(=O)N2CCN(C(=O)Oc3ccc(F)cc3)C[C@H]12. The number of carbonyl (C=O) groups is 3. The van der Waals surface area contributed by atoms with Crippen LogP contribution in [0.15, 0.2) is 24.3 Å². The molecule has 0 aliphatic carbocycles. The van der Waals surface area contributed by atoms with E-state index in [0.717, 1.165) is 0 Å². The van der Waals surface area contributed by atoms with Gasteiger partial charge in [-0.3, -0.25) is 9.59 Å². The maximum Gasteiger partial charge on any atom is 0.415 e. The minimum atomic E-state index is -0.938. The van der Waals surface area contributed by atoms with Gasteiger partial charge in [-0.25, -0.2) is 9.18 Å². The van der Waals surface area contributed by atoms with E-state index >= 15 is 0 Å². The van der Waals surface area contributed by atoms with E-state index in [-0.39, 0.29) is 31.3 Å². The van der Waals surface area contributed by atoms with Crippen molar-refractivity contribution < 1.29 is 28.6 Å². The first kappa shape index (κ1) is 16.2. The number of benzene rings is 1. The van der Waals surface area contributed by atoms with Gasteiger partial charge in [0.05, 0.1) is 13.2 Å². The van der Waals surface area contributed by atoms with E-state index in [1.54, 1.807) is 0 Å². The van der Waals surface area contributed by atoms with E-state index in [1.807, 2.05) is 0 Å². The van der Waals surface area contributed by atoms with E-state index in [4.69, 9.17) is 9.84 Å². The summed E-state index contributed by atoms with van der Waals surface area (Å²) in [5.74, 6) is -1.05. The molecule has 2 heterocycles. The number of carbonyl (C=O) groups excluding carboxylic acids is 3. The van der Waals surface area contributed by atoms with Crippen LogP contribution in [-0.4, -0.2) is 71.1 Å². The minimum Gasteiger partial charge on any atom is -0.410 e. The molecular formula is C15H16FN3O5. The largest absolute Gasteiger partial charge is 0.415 e. The first-order chi connectivity index (χ1) is 11.5. The average Bonchev–Trinajstić information content (AvgIpc) is 2.59. The normalized spacial score (nSPS) is 23.6. The van der Waals surface area contributed by atoms with Crippen LogP contribution >= 0.6 is 0 Å². The molecule has 3 amide bonds. The number of amides is 3. The van der Waals surface area contributed by atoms with Crippen molar-refractivity contribution in [3.8, 4) is 5.75 Å². The highest BCUT2D eigenvalue weighted by molar-refractivity contribution is 5.97. The molecule has 2 saturated heterocycles. The zero-order valence-electron chi connectivity index (χ0n) is 12.6. The molecule has 2 atom stereocenters. The molecule has 0 radical (unpaired) electrons. The van der Waals surface area contributed by atoms with E-state index in [9.17, 15) is 18.8 Å². The molecule has 1 aromatic carbocycles. The summed E-state index contributed by atoms with van der Waals surface area (Å²) in [5.41, 5.74) is 0. The predicted octanol–water partition coefficient (Wildman–Crippen LogP) is -0.672. The lowest BCUT2D eigenvalue weighted by atomic mass is 10.0. The zero-order chi connectivity index (χ0) is 17.3. The molecule has 3 rings (SSSR count). The van der Waals surface area contributed by atoms with Gasteiger partial charge in [0.15, 0.2) is 0 Å². The zero-order valence-corrected chi connectivity index (χ0v) is 12.6. The fourth-order valence-electron chi connectivity index (χ4n) is 2.76. The number of aliphatic hydroxyl groups excluding tert-OH is 1. The van der Waals surface area contributed by atoms with Gasteiger partial charge in [0.25, 0.3) is 0 Å². The molecule has 1 aromatic rings. The molecule has 0 unspecified atom stereocenters. The van der Waals surface area contributed by atoms with Crippen molar-refractivity contribution in [2.24, 2.45) is 0 Å². The first-order valence-electron chi connectivity index (χ1n) is 7.43. The van der Waals surface area contributed by atoms with Crippen molar-refractivity contribution in [3.05, 3.63) is 30.1 Å². The molecule has 128 valence electrons. The molecule has 0 spiro atoms. The molecule has 2 fully saturated rings. The highest BCUT2D eigenvalue weighted by Crippen LogP contribution is 2.18. The van der Waals surface area contributed by atoms with Gasteiger partial charge in [-0.1, -0.05) is 0 Å². The van der Waals surface area contributed by atoms with Gasteiger partial charge >= 0.3 is 6.09 Å². The number of piperazine rings is 2. The van der Waals surface area contributed by atoms with Crippen LogP contribution in [0.4, 0.5) is 9.18 Å². The lowest BCUT2D eigenvalue weighted by molar-refractivity contribution is -0.153. The molecule has 2 aliphatic rings. The summed E-state index contributed by atoms with van der Waals surface area (Å²) in [7, 11) is 0. The minimum absolute atomic E-state index is 0.00422. The summed E-state index contributed by atoms with van der Waals surface area (Å²) < 4.78 is 18.0. The van der Waals surface area contributed by atoms with Gasteiger partial charge in [0.1, 0.15) is 23.7 Å². The van der Waals surface area contributed by atoms with Crippen molar-refractivity contribution in [1.82, 2.24) is 15.1 Å². The molecule has 0 saturated carbocycles. The van der Waals surface area contributed by atoms with Crippen molar-refractivity contribution in [1.29, 1.82) is 0 Å². The number of halogens is 1. The number of fused-ring (bicyclic) bond motifs is 1. The van der Waals surface area contributed by atoms with Crippen molar-refractivity contribution in [2.75, 3.05) is 26.2 Å². The molecule has 9 heteroatoms. The van der Waals surface area contributed by atoms with Crippen LogP contribution < -0.4 is 10.1 Å². The van der Waals surface area contributed by atoms with Crippen LogP contribution in [0.2, 0.25) is 0 Å². The summed E-state index contributed by atoms with van der Waals surface area (Å²) in [5, 5.41) is 11.5. The fourth-order valence-corrected chi connectivity index (χ4v) is 2.76. The highest BCUT2D eigenvalue weighted by Gasteiger charge is 2.44. The van der Waals surface area contributed by atoms with Gasteiger partial charge < -0.3 is 25.0 Å². The molecule has 0 bridgehead atoms. The molecule has 8 nitrogen and oxygen atoms in total. The smallest absolute Gasteiger partial charge is 0.410 e. The third-order valence-corrected chi connectivity index (χ3v) is 4.04. The first-order valence-corrected chi connectivity index (χ1v) is 7.43. The van der Waals surface area contributed by atoms with Crippen molar-refractivity contribution >= 4 is 17.9 Å². The Morgan fingerprint density at radius 1 is 1.29 bits per heavy atom. The van der Waals surface area contributed by atoms with Crippen LogP contribution in [0.5, 0.6) is 5.75 Å². The van der Waals surface area contributed by atoms with Gasteiger partial charge in [-0.05, 0) is 24.3 Å². The summed E-state index contributed by atoms with van der Waals surface area (Å²) in [4.78, 5) is 39.0. The number of ether oxygens (including phenoxy) is 1. The van der Waals surface area contributed by atoms with E-state index < -0.39 is 36.5 Å². The Kier molecular flexibility index (Phi) is 4.34. The van der Waals surface area contributed by atoms with Crippen molar-refractivity contribution in [2.45, 2.75) is 12.1 Å². The van der Waals surface area contributed by atoms with Crippen LogP contribution in [0, 0.1) is 5.82 Å². The third-order valence-electron chi connectivity index (χ3n) is 4.04. The van der Waals surface area contributed by atoms with E-state index in [1.165, 1.54) is 34.1 Å². The number of rotatable bonds is 2. The maximum absolute atomic E-state index is 12.9. The second-order valence-electron chi connectivity index (χ2n) is 5.56. The quantitative estimate of drug-likeness (QED) is 0.746. The Balaban J connectivity index is 1.66. The van der Waals surface area contributed by atoms with Gasteiger partial charge in [0, 0.05) is 13.1 Å². The Morgan fingerprint density at radius 3 is 2.67 bits per heavy atom. The second kappa shape index (κ2) is 6.44. The van der Waals surface area contributed by atoms with Crippen LogP contribution in [-0.2, 0) is 9.59 Å². The Labute approximate surface area is 136 Å². The number of nitrogens with one attached hydrogen (secondary N) is 1. The van der Waals surface area contributed by atoms with Crippen LogP contribution in [0.25, 0.3) is 0 Å². The molecule has 2 aliphatic heterocycles. The molecule has 2 N–H and O–H groups in total. The van der Waals surface area contributed by atoms with E-state index in [2.05, 4.69) is 5.32 Å². The molecule has 24 heavy (non-hydrogen) atoms. The topological polar surface area (TPSA) is 99.2 Å².